The Morgan fingerprint density at radius 1 is 1.28 bits per heavy atom. The van der Waals surface area contributed by atoms with Gasteiger partial charge in [-0.2, -0.15) is 9.37 Å². The summed E-state index contributed by atoms with van der Waals surface area (Å²) >= 11 is 0.689. The van der Waals surface area contributed by atoms with Crippen LogP contribution in [0.4, 0.5) is 29.4 Å². The second-order valence-electron chi connectivity index (χ2n) is 9.49. The van der Waals surface area contributed by atoms with Crippen LogP contribution in [0.3, 0.4) is 0 Å². The van der Waals surface area contributed by atoms with Gasteiger partial charge in [0.1, 0.15) is 6.17 Å². The Balaban J connectivity index is 1.19. The lowest BCUT2D eigenvalue weighted by Gasteiger charge is -2.39. The molecule has 0 radical (unpaired) electrons. The average molecular weight is 523 g/mol. The fourth-order valence-electron chi connectivity index (χ4n) is 5.26. The standard InChI is InChI=1S/C22H28F2N8O3S/c1-30-10-12-7-13(30)8-15(12)27-22(34)35-18-3-5-25-19(28-18)32-6-4-14(23)16(11-32)31(2)21(33)29-20-26-9-17(24)36-20/h3,5,9,12-16H,4,6-8,10-11H2,1-2H3,(H,27,34)(H,26,29,33)/t12-,13-,14+,15+,16-/m0/s1. The van der Waals surface area contributed by atoms with Crippen molar-refractivity contribution in [1.29, 1.82) is 0 Å². The van der Waals surface area contributed by atoms with Gasteiger partial charge in [-0.25, -0.2) is 23.9 Å². The van der Waals surface area contributed by atoms with Crippen LogP contribution in [0.2, 0.25) is 0 Å². The Hall–Kier alpha value is -3.13. The van der Waals surface area contributed by atoms with E-state index < -0.39 is 29.5 Å². The number of halogens is 2. The number of likely N-dealkylation sites (N-methyl/N-ethyl adjacent to an activating group) is 1. The summed E-state index contributed by atoms with van der Waals surface area (Å²) in [5.74, 6) is 0.791. The van der Waals surface area contributed by atoms with E-state index in [-0.39, 0.29) is 36.0 Å². The van der Waals surface area contributed by atoms with E-state index >= 15 is 0 Å². The summed E-state index contributed by atoms with van der Waals surface area (Å²) in [5, 5.41) is 4.99. The Kier molecular flexibility index (Phi) is 6.88. The Morgan fingerprint density at radius 2 is 2.11 bits per heavy atom. The van der Waals surface area contributed by atoms with Crippen LogP contribution in [-0.4, -0.2) is 94.9 Å². The van der Waals surface area contributed by atoms with Crippen LogP contribution >= 0.6 is 11.3 Å². The van der Waals surface area contributed by atoms with Crippen LogP contribution in [0.15, 0.2) is 18.5 Å². The zero-order valence-corrected chi connectivity index (χ0v) is 20.8. The van der Waals surface area contributed by atoms with Crippen LogP contribution in [0, 0.1) is 11.0 Å². The molecular weight excluding hydrogens is 494 g/mol. The highest BCUT2D eigenvalue weighted by Crippen LogP contribution is 2.36. The first-order valence-corrected chi connectivity index (χ1v) is 12.6. The van der Waals surface area contributed by atoms with Gasteiger partial charge in [0.2, 0.25) is 11.8 Å². The van der Waals surface area contributed by atoms with Crippen LogP contribution in [0.5, 0.6) is 5.88 Å². The number of nitrogens with one attached hydrogen (secondary N) is 2. The molecule has 2 aromatic rings. The smallest absolute Gasteiger partial charge is 0.391 e. The topological polar surface area (TPSA) is 116 Å². The molecule has 0 aromatic carbocycles. The molecule has 2 aliphatic heterocycles. The van der Waals surface area contributed by atoms with Gasteiger partial charge in [0.05, 0.1) is 12.2 Å². The fraction of sp³-hybridized carbons (Fsp3) is 0.591. The van der Waals surface area contributed by atoms with E-state index in [1.807, 2.05) is 0 Å². The van der Waals surface area contributed by atoms with Crippen molar-refractivity contribution in [1.82, 2.24) is 30.1 Å². The van der Waals surface area contributed by atoms with Crippen molar-refractivity contribution in [2.75, 3.05) is 43.9 Å². The van der Waals surface area contributed by atoms with Gasteiger partial charge in [-0.3, -0.25) is 5.32 Å². The number of carbonyl (C=O) groups excluding carboxylic acids is 2. The predicted molar refractivity (Wildman–Crippen MR) is 128 cm³/mol. The molecule has 3 aliphatic rings. The molecular formula is C22H28F2N8O3S. The van der Waals surface area contributed by atoms with Gasteiger partial charge >= 0.3 is 12.1 Å². The number of anilines is 2. The van der Waals surface area contributed by atoms with Crippen LogP contribution in [0.1, 0.15) is 19.3 Å². The summed E-state index contributed by atoms with van der Waals surface area (Å²) < 4.78 is 33.4. The number of carbonyl (C=O) groups is 2. The molecule has 2 saturated heterocycles. The molecule has 36 heavy (non-hydrogen) atoms. The number of hydrogen-bond acceptors (Lipinski definition) is 9. The molecule has 5 rings (SSSR count). The Labute approximate surface area is 210 Å². The molecule has 2 bridgehead atoms. The van der Waals surface area contributed by atoms with Crippen molar-refractivity contribution >= 4 is 34.5 Å². The lowest BCUT2D eigenvalue weighted by Crippen LogP contribution is -2.55. The lowest BCUT2D eigenvalue weighted by atomic mass is 10.0. The minimum atomic E-state index is -1.27. The molecule has 0 spiro atoms. The number of piperidine rings is 2. The van der Waals surface area contributed by atoms with Gasteiger partial charge in [-0.15, -0.1) is 0 Å². The zero-order chi connectivity index (χ0) is 25.4. The third-order valence-corrected chi connectivity index (χ3v) is 7.93. The molecule has 1 aliphatic carbocycles. The third kappa shape index (κ3) is 5.19. The van der Waals surface area contributed by atoms with Crippen molar-refractivity contribution < 1.29 is 23.1 Å². The molecule has 0 unspecified atom stereocenters. The van der Waals surface area contributed by atoms with E-state index in [9.17, 15) is 18.4 Å². The van der Waals surface area contributed by atoms with Crippen molar-refractivity contribution in [3.8, 4) is 5.88 Å². The second-order valence-corrected chi connectivity index (χ2v) is 10.5. The monoisotopic (exact) mass is 522 g/mol. The molecule has 14 heteroatoms. The van der Waals surface area contributed by atoms with E-state index in [2.05, 4.69) is 37.5 Å². The quantitative estimate of drug-likeness (QED) is 0.615. The zero-order valence-electron chi connectivity index (χ0n) is 19.9. The van der Waals surface area contributed by atoms with Gasteiger partial charge in [-0.1, -0.05) is 11.3 Å². The molecule has 11 nitrogen and oxygen atoms in total. The highest BCUT2D eigenvalue weighted by Gasteiger charge is 2.43. The van der Waals surface area contributed by atoms with Crippen molar-refractivity contribution in [2.45, 2.75) is 43.6 Å². The van der Waals surface area contributed by atoms with Crippen molar-refractivity contribution in [2.24, 2.45) is 5.92 Å². The number of aromatic nitrogens is 3. The number of nitrogens with zero attached hydrogens (tertiary/aromatic N) is 6. The number of hydrogen-bond donors (Lipinski definition) is 2. The maximum Gasteiger partial charge on any atom is 0.414 e. The average Bonchev–Trinajstić information content (AvgIpc) is 3.54. The first kappa shape index (κ1) is 24.6. The summed E-state index contributed by atoms with van der Waals surface area (Å²) in [6.45, 7) is 1.43. The fourth-order valence-corrected chi connectivity index (χ4v) is 5.80. The highest BCUT2D eigenvalue weighted by molar-refractivity contribution is 7.14. The molecule has 3 amide bonds. The minimum Gasteiger partial charge on any atom is -0.391 e. The van der Waals surface area contributed by atoms with E-state index in [1.54, 1.807) is 4.90 Å². The number of urea groups is 1. The molecule has 194 valence electrons. The number of amides is 3. The largest absolute Gasteiger partial charge is 0.414 e. The lowest BCUT2D eigenvalue weighted by molar-refractivity contribution is 0.133. The summed E-state index contributed by atoms with van der Waals surface area (Å²) in [4.78, 5) is 42.7. The van der Waals surface area contributed by atoms with Gasteiger partial charge < -0.3 is 24.8 Å². The summed E-state index contributed by atoms with van der Waals surface area (Å²) in [6.07, 6.45) is 2.79. The predicted octanol–water partition coefficient (Wildman–Crippen LogP) is 2.33. The second kappa shape index (κ2) is 10.1. The van der Waals surface area contributed by atoms with E-state index in [1.165, 1.54) is 24.2 Å². The number of rotatable bonds is 5. The number of fused-ring (bicyclic) bond motifs is 2. The summed E-state index contributed by atoms with van der Waals surface area (Å²) in [6, 6.07) is 0.688. The number of thiazole rings is 1. The maximum atomic E-state index is 14.8. The third-order valence-electron chi connectivity index (χ3n) is 7.23. The molecule has 2 N–H and O–H groups in total. The molecule has 5 atom stereocenters. The van der Waals surface area contributed by atoms with Gasteiger partial charge in [-0.05, 0) is 32.2 Å². The van der Waals surface area contributed by atoms with Crippen molar-refractivity contribution in [3.05, 3.63) is 23.6 Å². The minimum absolute atomic E-state index is 0.0897. The Morgan fingerprint density at radius 3 is 2.81 bits per heavy atom. The van der Waals surface area contributed by atoms with Crippen LogP contribution < -0.4 is 20.3 Å². The normalized spacial score (nSPS) is 27.7. The van der Waals surface area contributed by atoms with E-state index in [4.69, 9.17) is 4.74 Å². The maximum absolute atomic E-state index is 14.8. The molecule has 4 heterocycles. The van der Waals surface area contributed by atoms with Crippen LogP contribution in [-0.2, 0) is 0 Å². The number of likely N-dealkylation sites (tertiary alicyclic amines) is 1. The SMILES string of the molecule is CN1C[C@@H]2C[C@H]1C[C@H]2NC(=O)Oc1ccnc(N2CC[C@@H](F)[C@@H](N(C)C(=O)Nc3ncc(F)s3)C2)n1. The van der Waals surface area contributed by atoms with E-state index in [0.717, 1.165) is 25.6 Å². The first-order chi connectivity index (χ1) is 17.3. The summed E-state index contributed by atoms with van der Waals surface area (Å²) in [5.41, 5.74) is 0. The molecule has 1 saturated carbocycles. The molecule has 3 fully saturated rings. The highest BCUT2D eigenvalue weighted by atomic mass is 32.1. The van der Waals surface area contributed by atoms with Crippen molar-refractivity contribution in [3.63, 3.8) is 0 Å². The van der Waals surface area contributed by atoms with Crippen LogP contribution in [0.25, 0.3) is 0 Å². The first-order valence-electron chi connectivity index (χ1n) is 11.8. The molecule has 2 aromatic heterocycles. The number of alkyl halides is 1. The van der Waals surface area contributed by atoms with Gasteiger partial charge in [0.25, 0.3) is 0 Å². The van der Waals surface area contributed by atoms with Gasteiger partial charge in [0, 0.05) is 51.0 Å². The number of ether oxygens (including phenoxy) is 1. The Bertz CT molecular complexity index is 1120. The summed E-state index contributed by atoms with van der Waals surface area (Å²) in [7, 11) is 3.57. The van der Waals surface area contributed by atoms with E-state index in [0.29, 0.717) is 29.8 Å². The van der Waals surface area contributed by atoms with Gasteiger partial charge in [0.15, 0.2) is 10.3 Å².